The van der Waals surface area contributed by atoms with Crippen LogP contribution in [-0.4, -0.2) is 24.9 Å². The Bertz CT molecular complexity index is 466. The summed E-state index contributed by atoms with van der Waals surface area (Å²) in [4.78, 5) is 0. The molecule has 1 fully saturated rings. The van der Waals surface area contributed by atoms with Crippen molar-refractivity contribution in [1.82, 2.24) is 5.32 Å². The Labute approximate surface area is 128 Å². The van der Waals surface area contributed by atoms with Gasteiger partial charge in [0, 0.05) is 24.6 Å². The zero-order valence-corrected chi connectivity index (χ0v) is 13.2. The van der Waals surface area contributed by atoms with Gasteiger partial charge in [-0.2, -0.15) is 0 Å². The fourth-order valence-corrected chi connectivity index (χ4v) is 3.44. The lowest BCUT2D eigenvalue weighted by molar-refractivity contribution is 0.0100. The van der Waals surface area contributed by atoms with Crippen LogP contribution in [0.5, 0.6) is 5.75 Å². The third-order valence-electron chi connectivity index (χ3n) is 4.51. The fraction of sp³-hybridized carbons (Fsp3) is 0.667. The molecule has 2 aliphatic heterocycles. The van der Waals surface area contributed by atoms with Crippen molar-refractivity contribution in [3.63, 3.8) is 0 Å². The van der Waals surface area contributed by atoms with E-state index in [1.807, 2.05) is 6.07 Å². The third-order valence-corrected chi connectivity index (χ3v) is 4.51. The molecule has 3 heteroatoms. The first-order valence-corrected chi connectivity index (χ1v) is 8.27. The van der Waals surface area contributed by atoms with E-state index in [-0.39, 0.29) is 5.60 Å². The number of rotatable bonds is 4. The molecule has 116 valence electrons. The number of hydrogen-bond acceptors (Lipinski definition) is 3. The summed E-state index contributed by atoms with van der Waals surface area (Å²) in [7, 11) is 0. The van der Waals surface area contributed by atoms with Gasteiger partial charge >= 0.3 is 0 Å². The van der Waals surface area contributed by atoms with Crippen LogP contribution in [0.25, 0.3) is 0 Å². The standard InChI is InChI=1S/C18H27NO2/c1-18(2)13-16(15-8-3-4-9-17(15)21-18)19-11-10-14-7-5-6-12-20-14/h3-4,8-9,14,16,19H,5-7,10-13H2,1-2H3. The normalized spacial score (nSPS) is 27.7. The van der Waals surface area contributed by atoms with Crippen LogP contribution in [0.2, 0.25) is 0 Å². The molecule has 21 heavy (non-hydrogen) atoms. The van der Waals surface area contributed by atoms with Gasteiger partial charge in [0.25, 0.3) is 0 Å². The van der Waals surface area contributed by atoms with Gasteiger partial charge in [0.1, 0.15) is 11.4 Å². The zero-order valence-electron chi connectivity index (χ0n) is 13.2. The summed E-state index contributed by atoms with van der Waals surface area (Å²) in [6.07, 6.45) is 6.34. The SMILES string of the molecule is CC1(C)CC(NCCC2CCCCO2)c2ccccc2O1. The third kappa shape index (κ3) is 3.78. The molecule has 0 spiro atoms. The van der Waals surface area contributed by atoms with Crippen LogP contribution in [0.3, 0.4) is 0 Å². The highest BCUT2D eigenvalue weighted by atomic mass is 16.5. The van der Waals surface area contributed by atoms with Crippen molar-refractivity contribution in [2.45, 2.75) is 63.7 Å². The molecule has 0 aliphatic carbocycles. The Morgan fingerprint density at radius 1 is 1.24 bits per heavy atom. The van der Waals surface area contributed by atoms with Crippen LogP contribution in [0.4, 0.5) is 0 Å². The largest absolute Gasteiger partial charge is 0.487 e. The smallest absolute Gasteiger partial charge is 0.124 e. The molecular weight excluding hydrogens is 262 g/mol. The van der Waals surface area contributed by atoms with E-state index < -0.39 is 0 Å². The lowest BCUT2D eigenvalue weighted by atomic mass is 9.89. The Kier molecular flexibility index (Phi) is 4.51. The zero-order chi connectivity index (χ0) is 14.7. The minimum absolute atomic E-state index is 0.104. The summed E-state index contributed by atoms with van der Waals surface area (Å²) in [5.74, 6) is 1.03. The Balaban J connectivity index is 1.59. The molecule has 0 bridgehead atoms. The van der Waals surface area contributed by atoms with Gasteiger partial charge in [-0.05, 0) is 52.1 Å². The van der Waals surface area contributed by atoms with Crippen molar-refractivity contribution < 1.29 is 9.47 Å². The van der Waals surface area contributed by atoms with Gasteiger partial charge in [-0.3, -0.25) is 0 Å². The quantitative estimate of drug-likeness (QED) is 0.913. The number of hydrogen-bond donors (Lipinski definition) is 1. The molecular formula is C18H27NO2. The molecule has 1 N–H and O–H groups in total. The van der Waals surface area contributed by atoms with Gasteiger partial charge in [0.2, 0.25) is 0 Å². The summed E-state index contributed by atoms with van der Waals surface area (Å²) < 4.78 is 11.9. The summed E-state index contributed by atoms with van der Waals surface area (Å²) in [6, 6.07) is 8.79. The monoisotopic (exact) mass is 289 g/mol. The average Bonchev–Trinajstić information content (AvgIpc) is 2.47. The van der Waals surface area contributed by atoms with Crippen molar-refractivity contribution in [2.75, 3.05) is 13.2 Å². The van der Waals surface area contributed by atoms with Gasteiger partial charge in [0.05, 0.1) is 6.10 Å². The van der Waals surface area contributed by atoms with Gasteiger partial charge in [-0.25, -0.2) is 0 Å². The fourth-order valence-electron chi connectivity index (χ4n) is 3.44. The van der Waals surface area contributed by atoms with E-state index in [0.29, 0.717) is 12.1 Å². The highest BCUT2D eigenvalue weighted by Gasteiger charge is 2.33. The number of benzene rings is 1. The summed E-state index contributed by atoms with van der Waals surface area (Å²) >= 11 is 0. The van der Waals surface area contributed by atoms with E-state index in [2.05, 4.69) is 37.4 Å². The van der Waals surface area contributed by atoms with Crippen LogP contribution in [-0.2, 0) is 4.74 Å². The van der Waals surface area contributed by atoms with Crippen LogP contribution in [0.1, 0.15) is 57.6 Å². The molecule has 2 heterocycles. The number of para-hydroxylation sites is 1. The predicted molar refractivity (Wildman–Crippen MR) is 84.7 cm³/mol. The highest BCUT2D eigenvalue weighted by Crippen LogP contribution is 2.39. The molecule has 0 saturated carbocycles. The number of fused-ring (bicyclic) bond motifs is 1. The van der Waals surface area contributed by atoms with E-state index in [0.717, 1.165) is 31.7 Å². The predicted octanol–water partition coefficient (Wildman–Crippen LogP) is 3.84. The lowest BCUT2D eigenvalue weighted by Crippen LogP contribution is -2.40. The molecule has 1 aromatic rings. The van der Waals surface area contributed by atoms with Crippen molar-refractivity contribution in [3.8, 4) is 5.75 Å². The Morgan fingerprint density at radius 2 is 2.10 bits per heavy atom. The molecule has 1 aromatic carbocycles. The van der Waals surface area contributed by atoms with Crippen molar-refractivity contribution in [3.05, 3.63) is 29.8 Å². The molecule has 0 amide bonds. The van der Waals surface area contributed by atoms with E-state index in [9.17, 15) is 0 Å². The molecule has 2 atom stereocenters. The Hall–Kier alpha value is -1.06. The average molecular weight is 289 g/mol. The summed E-state index contributed by atoms with van der Waals surface area (Å²) in [5, 5.41) is 3.72. The van der Waals surface area contributed by atoms with Crippen molar-refractivity contribution in [2.24, 2.45) is 0 Å². The van der Waals surface area contributed by atoms with Crippen molar-refractivity contribution in [1.29, 1.82) is 0 Å². The van der Waals surface area contributed by atoms with Crippen molar-refractivity contribution >= 4 is 0 Å². The van der Waals surface area contributed by atoms with E-state index in [4.69, 9.17) is 9.47 Å². The Morgan fingerprint density at radius 3 is 2.90 bits per heavy atom. The van der Waals surface area contributed by atoms with E-state index in [1.54, 1.807) is 0 Å². The first kappa shape index (κ1) is 14.9. The van der Waals surface area contributed by atoms with Gasteiger partial charge in [-0.15, -0.1) is 0 Å². The first-order valence-electron chi connectivity index (χ1n) is 8.27. The van der Waals surface area contributed by atoms with Crippen LogP contribution < -0.4 is 10.1 Å². The minimum Gasteiger partial charge on any atom is -0.487 e. The molecule has 0 radical (unpaired) electrons. The molecule has 3 nitrogen and oxygen atoms in total. The van der Waals surface area contributed by atoms with Crippen LogP contribution in [0, 0.1) is 0 Å². The topological polar surface area (TPSA) is 30.5 Å². The number of ether oxygens (including phenoxy) is 2. The first-order chi connectivity index (χ1) is 10.1. The second-order valence-electron chi connectivity index (χ2n) is 6.89. The highest BCUT2D eigenvalue weighted by molar-refractivity contribution is 5.38. The maximum absolute atomic E-state index is 6.08. The molecule has 2 aliphatic rings. The summed E-state index contributed by atoms with van der Waals surface area (Å²) in [6.45, 7) is 6.29. The number of nitrogens with one attached hydrogen (secondary N) is 1. The second-order valence-corrected chi connectivity index (χ2v) is 6.89. The second kappa shape index (κ2) is 6.37. The van der Waals surface area contributed by atoms with E-state index in [1.165, 1.54) is 24.8 Å². The lowest BCUT2D eigenvalue weighted by Gasteiger charge is -2.38. The van der Waals surface area contributed by atoms with Crippen LogP contribution >= 0.6 is 0 Å². The molecule has 2 unspecified atom stereocenters. The van der Waals surface area contributed by atoms with Crippen LogP contribution in [0.15, 0.2) is 24.3 Å². The minimum atomic E-state index is -0.104. The van der Waals surface area contributed by atoms with Gasteiger partial charge in [0.15, 0.2) is 0 Å². The maximum atomic E-state index is 6.08. The van der Waals surface area contributed by atoms with Gasteiger partial charge < -0.3 is 14.8 Å². The summed E-state index contributed by atoms with van der Waals surface area (Å²) in [5.41, 5.74) is 1.19. The maximum Gasteiger partial charge on any atom is 0.124 e. The molecule has 0 aromatic heterocycles. The molecule has 1 saturated heterocycles. The van der Waals surface area contributed by atoms with Gasteiger partial charge in [-0.1, -0.05) is 18.2 Å². The van der Waals surface area contributed by atoms with E-state index >= 15 is 0 Å². The molecule has 3 rings (SSSR count).